The van der Waals surface area contributed by atoms with Crippen LogP contribution in [0, 0.1) is 0 Å². The van der Waals surface area contributed by atoms with Gasteiger partial charge in [-0.05, 0) is 63.1 Å². The molecule has 1 saturated heterocycles. The van der Waals surface area contributed by atoms with Gasteiger partial charge in [0.15, 0.2) is 5.65 Å². The first-order valence-electron chi connectivity index (χ1n) is 11.9. The van der Waals surface area contributed by atoms with Gasteiger partial charge < -0.3 is 25.8 Å². The van der Waals surface area contributed by atoms with Crippen LogP contribution in [0.25, 0.3) is 22.4 Å². The highest BCUT2D eigenvalue weighted by atomic mass is 15.2. The molecule has 0 radical (unpaired) electrons. The third-order valence-electron chi connectivity index (χ3n) is 6.42. The Morgan fingerprint density at radius 1 is 1.03 bits per heavy atom. The lowest BCUT2D eigenvalue weighted by Gasteiger charge is -2.31. The summed E-state index contributed by atoms with van der Waals surface area (Å²) in [6, 6.07) is 12.7. The highest BCUT2D eigenvalue weighted by molar-refractivity contribution is 5.88. The Hall–Kier alpha value is -3.72. The molecule has 4 aromatic rings. The number of piperidine rings is 1. The van der Waals surface area contributed by atoms with E-state index in [1.807, 2.05) is 18.3 Å². The van der Waals surface area contributed by atoms with Gasteiger partial charge in [0.1, 0.15) is 17.0 Å². The van der Waals surface area contributed by atoms with Crippen LogP contribution in [0.15, 0.2) is 48.9 Å². The lowest BCUT2D eigenvalue weighted by Crippen LogP contribution is -2.40. The van der Waals surface area contributed by atoms with Crippen LogP contribution in [0.2, 0.25) is 0 Å². The molecule has 1 fully saturated rings. The number of nitrogens with zero attached hydrogens (tertiary/aromatic N) is 6. The number of rotatable bonds is 7. The minimum Gasteiger partial charge on any atom is -0.372 e. The Morgan fingerprint density at radius 3 is 2.47 bits per heavy atom. The second-order valence-corrected chi connectivity index (χ2v) is 8.57. The first-order valence-corrected chi connectivity index (χ1v) is 11.9. The predicted molar refractivity (Wildman–Crippen MR) is 138 cm³/mol. The van der Waals surface area contributed by atoms with Crippen molar-refractivity contribution in [3.63, 3.8) is 0 Å². The standard InChI is InChI=1S/C25H31N9/c1-3-33(4-2)20-8-6-19(7-9-20)30-25-31-22(23-24(32-25)29-16-28-23)17-5-10-21(27-15-17)34-13-11-18(26)12-14-34/h5-10,15-16,18H,3-4,11-14,26H2,1-2H3,(H2,28,29,30,31,32). The first-order chi connectivity index (χ1) is 16.6. The molecule has 9 nitrogen and oxygen atoms in total. The predicted octanol–water partition coefficient (Wildman–Crippen LogP) is 3.93. The van der Waals surface area contributed by atoms with E-state index in [9.17, 15) is 0 Å². The molecule has 0 unspecified atom stereocenters. The molecule has 1 aliphatic rings. The molecule has 0 aliphatic carbocycles. The van der Waals surface area contributed by atoms with Gasteiger partial charge in [0.05, 0.1) is 6.33 Å². The van der Waals surface area contributed by atoms with Crippen LogP contribution in [0.4, 0.5) is 23.1 Å². The fourth-order valence-electron chi connectivity index (χ4n) is 4.41. The van der Waals surface area contributed by atoms with E-state index in [4.69, 9.17) is 15.7 Å². The smallest absolute Gasteiger partial charge is 0.229 e. The minimum atomic E-state index is 0.296. The molecule has 1 aromatic carbocycles. The van der Waals surface area contributed by atoms with Crippen molar-refractivity contribution in [2.45, 2.75) is 32.7 Å². The third kappa shape index (κ3) is 4.51. The van der Waals surface area contributed by atoms with Crippen molar-refractivity contribution < 1.29 is 0 Å². The zero-order valence-electron chi connectivity index (χ0n) is 19.7. The number of aromatic nitrogens is 5. The monoisotopic (exact) mass is 457 g/mol. The lowest BCUT2D eigenvalue weighted by molar-refractivity contribution is 0.498. The quantitative estimate of drug-likeness (QED) is 0.383. The molecule has 4 heterocycles. The number of H-pyrrole nitrogens is 1. The lowest BCUT2D eigenvalue weighted by atomic mass is 10.1. The van der Waals surface area contributed by atoms with Gasteiger partial charge >= 0.3 is 0 Å². The molecule has 176 valence electrons. The molecule has 0 saturated carbocycles. The largest absolute Gasteiger partial charge is 0.372 e. The zero-order chi connectivity index (χ0) is 23.5. The number of aromatic amines is 1. The van der Waals surface area contributed by atoms with Crippen molar-refractivity contribution in [3.05, 3.63) is 48.9 Å². The summed E-state index contributed by atoms with van der Waals surface area (Å²) in [7, 11) is 0. The normalized spacial score (nSPS) is 14.5. The molecule has 9 heteroatoms. The second kappa shape index (κ2) is 9.64. The van der Waals surface area contributed by atoms with E-state index >= 15 is 0 Å². The number of anilines is 4. The molecular weight excluding hydrogens is 426 g/mol. The van der Waals surface area contributed by atoms with E-state index < -0.39 is 0 Å². The van der Waals surface area contributed by atoms with Crippen molar-refractivity contribution in [1.29, 1.82) is 0 Å². The zero-order valence-corrected chi connectivity index (χ0v) is 19.7. The van der Waals surface area contributed by atoms with Crippen LogP contribution in [-0.4, -0.2) is 57.1 Å². The summed E-state index contributed by atoms with van der Waals surface area (Å²) in [6.07, 6.45) is 5.50. The number of hydrogen-bond donors (Lipinski definition) is 3. The van der Waals surface area contributed by atoms with E-state index in [0.717, 1.165) is 67.3 Å². The van der Waals surface area contributed by atoms with Crippen molar-refractivity contribution >= 4 is 34.3 Å². The van der Waals surface area contributed by atoms with Crippen LogP contribution >= 0.6 is 0 Å². The van der Waals surface area contributed by atoms with E-state index in [-0.39, 0.29) is 0 Å². The Labute approximate surface area is 199 Å². The minimum absolute atomic E-state index is 0.296. The number of nitrogens with one attached hydrogen (secondary N) is 2. The van der Waals surface area contributed by atoms with Gasteiger partial charge in [0, 0.05) is 55.4 Å². The fourth-order valence-corrected chi connectivity index (χ4v) is 4.41. The van der Waals surface area contributed by atoms with E-state index in [0.29, 0.717) is 17.6 Å². The molecule has 0 bridgehead atoms. The molecule has 0 atom stereocenters. The summed E-state index contributed by atoms with van der Waals surface area (Å²) in [5.41, 5.74) is 11.2. The summed E-state index contributed by atoms with van der Waals surface area (Å²) in [4.78, 5) is 26.2. The number of nitrogens with two attached hydrogens (primary N) is 1. The molecule has 5 rings (SSSR count). The molecule has 0 spiro atoms. The summed E-state index contributed by atoms with van der Waals surface area (Å²) < 4.78 is 0. The second-order valence-electron chi connectivity index (χ2n) is 8.57. The van der Waals surface area contributed by atoms with Crippen LogP contribution in [0.1, 0.15) is 26.7 Å². The van der Waals surface area contributed by atoms with Gasteiger partial charge in [-0.2, -0.15) is 4.98 Å². The van der Waals surface area contributed by atoms with Gasteiger partial charge in [0.2, 0.25) is 5.95 Å². The molecule has 4 N–H and O–H groups in total. The maximum absolute atomic E-state index is 6.04. The van der Waals surface area contributed by atoms with E-state index in [1.54, 1.807) is 6.33 Å². The molecular formula is C25H31N9. The topological polar surface area (TPSA) is 112 Å². The van der Waals surface area contributed by atoms with Crippen LogP contribution in [0.3, 0.4) is 0 Å². The third-order valence-corrected chi connectivity index (χ3v) is 6.42. The van der Waals surface area contributed by atoms with Crippen molar-refractivity contribution in [3.8, 4) is 11.3 Å². The molecule has 1 aliphatic heterocycles. The van der Waals surface area contributed by atoms with Crippen LogP contribution in [-0.2, 0) is 0 Å². The molecule has 3 aromatic heterocycles. The van der Waals surface area contributed by atoms with Crippen LogP contribution in [0.5, 0.6) is 0 Å². The Balaban J connectivity index is 1.40. The fraction of sp³-hybridized carbons (Fsp3) is 0.360. The number of imidazole rings is 1. The van der Waals surface area contributed by atoms with Crippen molar-refractivity contribution in [2.24, 2.45) is 5.73 Å². The summed E-state index contributed by atoms with van der Waals surface area (Å²) >= 11 is 0. The van der Waals surface area contributed by atoms with Gasteiger partial charge in [-0.3, -0.25) is 0 Å². The summed E-state index contributed by atoms with van der Waals surface area (Å²) in [5.74, 6) is 1.47. The Morgan fingerprint density at radius 2 is 1.79 bits per heavy atom. The number of hydrogen-bond acceptors (Lipinski definition) is 8. The molecule has 34 heavy (non-hydrogen) atoms. The summed E-state index contributed by atoms with van der Waals surface area (Å²) in [6.45, 7) is 8.15. The van der Waals surface area contributed by atoms with Gasteiger partial charge in [-0.1, -0.05) is 0 Å². The average molecular weight is 458 g/mol. The van der Waals surface area contributed by atoms with Crippen molar-refractivity contribution in [2.75, 3.05) is 41.3 Å². The Kier molecular flexibility index (Phi) is 6.27. The maximum atomic E-state index is 6.04. The number of fused-ring (bicyclic) bond motifs is 1. The summed E-state index contributed by atoms with van der Waals surface area (Å²) in [5, 5.41) is 3.33. The van der Waals surface area contributed by atoms with Gasteiger partial charge in [0.25, 0.3) is 0 Å². The highest BCUT2D eigenvalue weighted by Crippen LogP contribution is 2.28. The Bertz CT molecular complexity index is 1220. The van der Waals surface area contributed by atoms with Gasteiger partial charge in [-0.15, -0.1) is 0 Å². The van der Waals surface area contributed by atoms with Crippen LogP contribution < -0.4 is 20.9 Å². The SMILES string of the molecule is CCN(CC)c1ccc(Nc2nc(-c3ccc(N4CCC(N)CC4)nc3)c3[nH]cnc3n2)cc1. The van der Waals surface area contributed by atoms with Gasteiger partial charge in [-0.25, -0.2) is 15.0 Å². The van der Waals surface area contributed by atoms with Crippen molar-refractivity contribution in [1.82, 2.24) is 24.9 Å². The van der Waals surface area contributed by atoms with E-state index in [2.05, 4.69) is 68.2 Å². The average Bonchev–Trinajstić information content (AvgIpc) is 3.35. The molecule has 0 amide bonds. The van der Waals surface area contributed by atoms with E-state index in [1.165, 1.54) is 5.69 Å². The number of pyridine rings is 1. The first kappa shape index (κ1) is 22.1. The highest BCUT2D eigenvalue weighted by Gasteiger charge is 2.18. The maximum Gasteiger partial charge on any atom is 0.229 e. The number of benzene rings is 1.